The topological polar surface area (TPSA) is 104 Å². The average Bonchev–Trinajstić information content (AvgIpc) is 2.28. The maximum Gasteiger partial charge on any atom is 0.321 e. The van der Waals surface area contributed by atoms with Gasteiger partial charge in [-0.1, -0.05) is 0 Å². The monoisotopic (exact) mass is 277 g/mol. The number of carboxylic acids is 1. The molecule has 0 saturated heterocycles. The molecule has 18 heavy (non-hydrogen) atoms. The summed E-state index contributed by atoms with van der Waals surface area (Å²) in [6, 6.07) is 2.53. The molecule has 0 spiro atoms. The molecule has 0 aromatic heterocycles. The van der Waals surface area contributed by atoms with Gasteiger partial charge in [0.15, 0.2) is 0 Å². The van der Waals surface area contributed by atoms with Crippen molar-refractivity contribution in [3.8, 4) is 0 Å². The van der Waals surface area contributed by atoms with Crippen molar-refractivity contribution in [1.29, 1.82) is 0 Å². The number of nitrogens with one attached hydrogen (secondary N) is 1. The molecule has 0 aliphatic rings. The number of carbonyl (C=O) groups is 1. The molecule has 6 nitrogen and oxygen atoms in total. The minimum atomic E-state index is -4.05. The molecule has 0 aliphatic heterocycles. The largest absolute Gasteiger partial charge is 0.480 e. The molecule has 0 saturated carbocycles. The lowest BCUT2D eigenvalue weighted by Crippen LogP contribution is -2.41. The van der Waals surface area contributed by atoms with E-state index in [4.69, 9.17) is 10.2 Å². The van der Waals surface area contributed by atoms with E-state index in [1.165, 1.54) is 0 Å². The van der Waals surface area contributed by atoms with Crippen LogP contribution in [0.3, 0.4) is 0 Å². The van der Waals surface area contributed by atoms with Crippen LogP contribution in [0.1, 0.15) is 6.42 Å². The van der Waals surface area contributed by atoms with Gasteiger partial charge in [0.1, 0.15) is 11.9 Å². The minimum absolute atomic E-state index is 0.243. The predicted octanol–water partition coefficient (Wildman–Crippen LogP) is -0.0604. The maximum atomic E-state index is 12.6. The maximum absolute atomic E-state index is 12.6. The van der Waals surface area contributed by atoms with Crippen LogP contribution in [0.4, 0.5) is 4.39 Å². The van der Waals surface area contributed by atoms with Gasteiger partial charge in [0, 0.05) is 6.61 Å². The van der Waals surface area contributed by atoms with Crippen LogP contribution in [-0.2, 0) is 14.8 Å². The normalized spacial score (nSPS) is 13.2. The Balaban J connectivity index is 2.93. The first kappa shape index (κ1) is 14.6. The van der Waals surface area contributed by atoms with E-state index in [0.29, 0.717) is 0 Å². The number of aliphatic hydroxyl groups excluding tert-OH is 1. The van der Waals surface area contributed by atoms with E-state index >= 15 is 0 Å². The molecular formula is C10H12FNO5S. The van der Waals surface area contributed by atoms with Crippen molar-refractivity contribution in [2.24, 2.45) is 0 Å². The molecule has 100 valence electrons. The number of rotatable bonds is 6. The second-order valence-electron chi connectivity index (χ2n) is 3.48. The first-order valence-electron chi connectivity index (χ1n) is 4.98. The lowest BCUT2D eigenvalue weighted by molar-refractivity contribution is -0.139. The highest BCUT2D eigenvalue weighted by molar-refractivity contribution is 7.89. The zero-order valence-electron chi connectivity index (χ0n) is 9.21. The van der Waals surface area contributed by atoms with E-state index < -0.39 is 34.5 Å². The number of carboxylic acid groups (broad SMARTS) is 1. The molecule has 0 fully saturated rings. The van der Waals surface area contributed by atoms with E-state index in [9.17, 15) is 17.6 Å². The van der Waals surface area contributed by atoms with E-state index in [1.807, 2.05) is 4.72 Å². The molecule has 0 radical (unpaired) electrons. The van der Waals surface area contributed by atoms with Crippen LogP contribution in [0.15, 0.2) is 29.2 Å². The summed E-state index contributed by atoms with van der Waals surface area (Å²) >= 11 is 0. The van der Waals surface area contributed by atoms with Gasteiger partial charge in [-0.3, -0.25) is 4.79 Å². The number of hydrogen-bond donors (Lipinski definition) is 3. The number of sulfonamides is 1. The molecule has 1 atom stereocenters. The summed E-state index contributed by atoms with van der Waals surface area (Å²) in [5.74, 6) is -1.99. The molecule has 8 heteroatoms. The van der Waals surface area contributed by atoms with Gasteiger partial charge in [0.25, 0.3) is 0 Å². The Morgan fingerprint density at radius 3 is 2.33 bits per heavy atom. The summed E-state index contributed by atoms with van der Waals surface area (Å²) in [6.45, 7) is -0.469. The molecule has 0 aliphatic carbocycles. The molecular weight excluding hydrogens is 265 g/mol. The van der Waals surface area contributed by atoms with Crippen molar-refractivity contribution in [2.45, 2.75) is 17.4 Å². The Bertz CT molecular complexity index is 514. The van der Waals surface area contributed by atoms with Crippen molar-refractivity contribution >= 4 is 16.0 Å². The molecule has 1 aromatic carbocycles. The first-order chi connectivity index (χ1) is 8.36. The summed E-state index contributed by atoms with van der Waals surface area (Å²) in [6.07, 6.45) is -0.254. The fourth-order valence-electron chi connectivity index (χ4n) is 1.23. The SMILES string of the molecule is O=C(O)[C@@H](CCO)NS(=O)(=O)c1ccc(F)cc1. The fourth-order valence-corrected chi connectivity index (χ4v) is 2.45. The number of aliphatic carboxylic acids is 1. The Kier molecular flexibility index (Phi) is 4.76. The van der Waals surface area contributed by atoms with Crippen LogP contribution in [0.2, 0.25) is 0 Å². The van der Waals surface area contributed by atoms with Crippen LogP contribution < -0.4 is 4.72 Å². The fraction of sp³-hybridized carbons (Fsp3) is 0.300. The second kappa shape index (κ2) is 5.89. The number of aliphatic hydroxyl groups is 1. The van der Waals surface area contributed by atoms with Gasteiger partial charge in [-0.15, -0.1) is 0 Å². The molecule has 3 N–H and O–H groups in total. The van der Waals surface area contributed by atoms with Gasteiger partial charge < -0.3 is 10.2 Å². The van der Waals surface area contributed by atoms with E-state index in [2.05, 4.69) is 0 Å². The quantitative estimate of drug-likeness (QED) is 0.676. The Hall–Kier alpha value is -1.51. The third-order valence-electron chi connectivity index (χ3n) is 2.14. The van der Waals surface area contributed by atoms with Crippen molar-refractivity contribution in [1.82, 2.24) is 4.72 Å². The number of halogens is 1. The van der Waals surface area contributed by atoms with Crippen molar-refractivity contribution in [2.75, 3.05) is 6.61 Å². The first-order valence-corrected chi connectivity index (χ1v) is 6.46. The van der Waals surface area contributed by atoms with Gasteiger partial charge in [-0.2, -0.15) is 4.72 Å². The molecule has 0 unspecified atom stereocenters. The van der Waals surface area contributed by atoms with Crippen LogP contribution in [-0.4, -0.2) is 37.2 Å². The highest BCUT2D eigenvalue weighted by Crippen LogP contribution is 2.10. The molecule has 1 aromatic rings. The number of benzene rings is 1. The van der Waals surface area contributed by atoms with Gasteiger partial charge >= 0.3 is 5.97 Å². The number of hydrogen-bond acceptors (Lipinski definition) is 4. The van der Waals surface area contributed by atoms with Crippen LogP contribution >= 0.6 is 0 Å². The Morgan fingerprint density at radius 2 is 1.89 bits per heavy atom. The summed E-state index contributed by atoms with van der Waals surface area (Å²) < 4.78 is 38.1. The second-order valence-corrected chi connectivity index (χ2v) is 5.19. The third-order valence-corrected chi connectivity index (χ3v) is 3.62. The van der Waals surface area contributed by atoms with Crippen LogP contribution in [0.25, 0.3) is 0 Å². The van der Waals surface area contributed by atoms with Gasteiger partial charge in [-0.05, 0) is 30.7 Å². The van der Waals surface area contributed by atoms with Crippen molar-refractivity contribution in [3.63, 3.8) is 0 Å². The van der Waals surface area contributed by atoms with Gasteiger partial charge in [0.2, 0.25) is 10.0 Å². The molecule has 0 amide bonds. The highest BCUT2D eigenvalue weighted by atomic mass is 32.2. The van der Waals surface area contributed by atoms with E-state index in [0.717, 1.165) is 24.3 Å². The Morgan fingerprint density at radius 1 is 1.33 bits per heavy atom. The van der Waals surface area contributed by atoms with E-state index in [1.54, 1.807) is 0 Å². The lowest BCUT2D eigenvalue weighted by Gasteiger charge is -2.13. The smallest absolute Gasteiger partial charge is 0.321 e. The third kappa shape index (κ3) is 3.76. The minimum Gasteiger partial charge on any atom is -0.480 e. The van der Waals surface area contributed by atoms with Gasteiger partial charge in [0.05, 0.1) is 4.90 Å². The Labute approximate surface area is 103 Å². The molecule has 1 rings (SSSR count). The van der Waals surface area contributed by atoms with Crippen molar-refractivity contribution < 1.29 is 27.8 Å². The van der Waals surface area contributed by atoms with E-state index in [-0.39, 0.29) is 11.3 Å². The zero-order chi connectivity index (χ0) is 13.8. The van der Waals surface area contributed by atoms with Crippen LogP contribution in [0.5, 0.6) is 0 Å². The molecule has 0 heterocycles. The summed E-state index contributed by atoms with van der Waals surface area (Å²) in [5.41, 5.74) is 0. The lowest BCUT2D eigenvalue weighted by atomic mass is 10.2. The highest BCUT2D eigenvalue weighted by Gasteiger charge is 2.24. The average molecular weight is 277 g/mol. The zero-order valence-corrected chi connectivity index (χ0v) is 10.0. The van der Waals surface area contributed by atoms with Gasteiger partial charge in [-0.25, -0.2) is 12.8 Å². The van der Waals surface area contributed by atoms with Crippen LogP contribution in [0, 0.1) is 5.82 Å². The summed E-state index contributed by atoms with van der Waals surface area (Å²) in [4.78, 5) is 10.5. The molecule has 0 bridgehead atoms. The van der Waals surface area contributed by atoms with Crippen molar-refractivity contribution in [3.05, 3.63) is 30.1 Å². The standard InChI is InChI=1S/C10H12FNO5S/c11-7-1-3-8(4-2-7)18(16,17)12-9(5-6-13)10(14)15/h1-4,9,12-13H,5-6H2,(H,14,15)/t9-/m1/s1. The summed E-state index contributed by atoms with van der Waals surface area (Å²) in [7, 11) is -4.05. The summed E-state index contributed by atoms with van der Waals surface area (Å²) in [5, 5.41) is 17.4. The predicted molar refractivity (Wildman–Crippen MR) is 59.8 cm³/mol.